The molecule has 1 aromatic heterocycles. The highest BCUT2D eigenvalue weighted by Gasteiger charge is 2.19. The molecule has 0 saturated heterocycles. The monoisotopic (exact) mass is 253 g/mol. The average Bonchev–Trinajstić information content (AvgIpc) is 2.28. The summed E-state index contributed by atoms with van der Waals surface area (Å²) in [5.41, 5.74) is 0.580. The van der Waals surface area contributed by atoms with Gasteiger partial charge in [-0.15, -0.1) is 0 Å². The van der Waals surface area contributed by atoms with Crippen molar-refractivity contribution < 1.29 is 19.7 Å². The molecule has 0 spiro atoms. The Morgan fingerprint density at radius 1 is 1.39 bits per heavy atom. The topological polar surface area (TPSA) is 79.7 Å². The third-order valence-electron chi connectivity index (χ3n) is 2.37. The molecule has 0 atom stereocenters. The van der Waals surface area contributed by atoms with Crippen LogP contribution >= 0.6 is 0 Å². The molecule has 0 aliphatic heterocycles. The van der Waals surface area contributed by atoms with Gasteiger partial charge in [0.15, 0.2) is 0 Å². The molecule has 0 aromatic carbocycles. The van der Waals surface area contributed by atoms with Crippen molar-refractivity contribution in [1.29, 1.82) is 0 Å². The molecule has 0 amide bonds. The smallest absolute Gasteiger partial charge is 0.335 e. The van der Waals surface area contributed by atoms with Crippen molar-refractivity contribution >= 4 is 5.97 Å². The summed E-state index contributed by atoms with van der Waals surface area (Å²) in [6, 6.07) is 2.95. The van der Waals surface area contributed by atoms with Crippen molar-refractivity contribution in [2.24, 2.45) is 0 Å². The number of aliphatic hydroxyl groups is 1. The number of aromatic carboxylic acids is 1. The number of nitrogens with zero attached hydrogens (tertiary/aromatic N) is 1. The molecule has 0 radical (unpaired) electrons. The van der Waals surface area contributed by atoms with Gasteiger partial charge in [0, 0.05) is 24.5 Å². The molecule has 100 valence electrons. The number of pyridine rings is 1. The number of ether oxygens (including phenoxy) is 1. The Kier molecular flexibility index (Phi) is 4.67. The molecule has 0 bridgehead atoms. The predicted molar refractivity (Wildman–Crippen MR) is 67.1 cm³/mol. The fourth-order valence-electron chi connectivity index (χ4n) is 1.33. The molecule has 1 heterocycles. The first-order valence-electron chi connectivity index (χ1n) is 5.84. The third kappa shape index (κ3) is 4.00. The maximum atomic E-state index is 11.0. The second-order valence-corrected chi connectivity index (χ2v) is 5.06. The van der Waals surface area contributed by atoms with Crippen LogP contribution in [0.5, 0.6) is 5.88 Å². The number of hydrogen-bond donors (Lipinski definition) is 2. The molecule has 0 unspecified atom stereocenters. The van der Waals surface area contributed by atoms with Gasteiger partial charge < -0.3 is 14.9 Å². The Bertz CT molecular complexity index is 423. The Morgan fingerprint density at radius 3 is 2.56 bits per heavy atom. The van der Waals surface area contributed by atoms with E-state index in [9.17, 15) is 4.79 Å². The van der Waals surface area contributed by atoms with Crippen LogP contribution < -0.4 is 4.74 Å². The summed E-state index contributed by atoms with van der Waals surface area (Å²) in [5.74, 6) is -0.719. The average molecular weight is 253 g/mol. The molecule has 0 fully saturated rings. The standard InChI is InChI=1S/C13H19NO4/c1-13(2,3)10-7-9(12(16)17)8-11(14-10)18-6-4-5-15/h7-8,15H,4-6H2,1-3H3,(H,16,17). The zero-order valence-electron chi connectivity index (χ0n) is 10.9. The van der Waals surface area contributed by atoms with E-state index in [0.29, 0.717) is 18.7 Å². The van der Waals surface area contributed by atoms with Crippen LogP contribution in [0.3, 0.4) is 0 Å². The van der Waals surface area contributed by atoms with Gasteiger partial charge in [-0.2, -0.15) is 0 Å². The molecular formula is C13H19NO4. The highest BCUT2D eigenvalue weighted by atomic mass is 16.5. The Balaban J connectivity index is 3.03. The molecule has 5 heteroatoms. The van der Waals surface area contributed by atoms with Crippen LogP contribution in [0.15, 0.2) is 12.1 Å². The molecule has 1 aromatic rings. The fraction of sp³-hybridized carbons (Fsp3) is 0.538. The SMILES string of the molecule is CC(C)(C)c1cc(C(=O)O)cc(OCCCO)n1. The van der Waals surface area contributed by atoms with Gasteiger partial charge in [-0.1, -0.05) is 20.8 Å². The van der Waals surface area contributed by atoms with E-state index < -0.39 is 5.97 Å². The largest absolute Gasteiger partial charge is 0.478 e. The van der Waals surface area contributed by atoms with E-state index in [-0.39, 0.29) is 23.5 Å². The lowest BCUT2D eigenvalue weighted by Crippen LogP contribution is -2.16. The Morgan fingerprint density at radius 2 is 2.06 bits per heavy atom. The molecular weight excluding hydrogens is 234 g/mol. The highest BCUT2D eigenvalue weighted by Crippen LogP contribution is 2.24. The van der Waals surface area contributed by atoms with E-state index in [0.717, 1.165) is 0 Å². The summed E-state index contributed by atoms with van der Waals surface area (Å²) >= 11 is 0. The van der Waals surface area contributed by atoms with Gasteiger partial charge in [0.2, 0.25) is 5.88 Å². The van der Waals surface area contributed by atoms with Crippen LogP contribution in [0.2, 0.25) is 0 Å². The minimum Gasteiger partial charge on any atom is -0.478 e. The molecule has 0 saturated carbocycles. The van der Waals surface area contributed by atoms with Gasteiger partial charge in [0.1, 0.15) is 0 Å². The van der Waals surface area contributed by atoms with E-state index in [1.54, 1.807) is 6.07 Å². The van der Waals surface area contributed by atoms with E-state index in [4.69, 9.17) is 14.9 Å². The fourth-order valence-corrected chi connectivity index (χ4v) is 1.33. The van der Waals surface area contributed by atoms with Crippen LogP contribution in [0.1, 0.15) is 43.2 Å². The van der Waals surface area contributed by atoms with Crippen LogP contribution in [-0.4, -0.2) is 34.4 Å². The minimum absolute atomic E-state index is 0.0325. The van der Waals surface area contributed by atoms with Crippen molar-refractivity contribution in [3.05, 3.63) is 23.4 Å². The van der Waals surface area contributed by atoms with Gasteiger partial charge in [-0.25, -0.2) is 9.78 Å². The molecule has 0 aliphatic carbocycles. The highest BCUT2D eigenvalue weighted by molar-refractivity contribution is 5.88. The Hall–Kier alpha value is -1.62. The summed E-state index contributed by atoms with van der Waals surface area (Å²) in [4.78, 5) is 15.3. The van der Waals surface area contributed by atoms with Crippen LogP contribution in [0.25, 0.3) is 0 Å². The molecule has 1 rings (SSSR count). The number of carboxylic acid groups (broad SMARTS) is 1. The molecule has 5 nitrogen and oxygen atoms in total. The lowest BCUT2D eigenvalue weighted by atomic mass is 9.91. The first-order valence-corrected chi connectivity index (χ1v) is 5.84. The van der Waals surface area contributed by atoms with Crippen LogP contribution in [0, 0.1) is 0 Å². The van der Waals surface area contributed by atoms with Gasteiger partial charge in [-0.05, 0) is 6.07 Å². The second kappa shape index (κ2) is 5.82. The van der Waals surface area contributed by atoms with Gasteiger partial charge in [0.05, 0.1) is 17.9 Å². The van der Waals surface area contributed by atoms with Crippen LogP contribution in [0.4, 0.5) is 0 Å². The second-order valence-electron chi connectivity index (χ2n) is 5.06. The summed E-state index contributed by atoms with van der Waals surface area (Å²) in [7, 11) is 0. The van der Waals surface area contributed by atoms with Gasteiger partial charge in [-0.3, -0.25) is 0 Å². The number of hydrogen-bond acceptors (Lipinski definition) is 4. The van der Waals surface area contributed by atoms with Crippen LogP contribution in [-0.2, 0) is 5.41 Å². The van der Waals surface area contributed by atoms with Crippen molar-refractivity contribution in [3.8, 4) is 5.88 Å². The van der Waals surface area contributed by atoms with Crippen molar-refractivity contribution in [1.82, 2.24) is 4.98 Å². The number of carboxylic acids is 1. The summed E-state index contributed by atoms with van der Waals surface area (Å²) in [6.07, 6.45) is 0.490. The Labute approximate surface area is 106 Å². The molecule has 2 N–H and O–H groups in total. The van der Waals surface area contributed by atoms with Crippen molar-refractivity contribution in [2.75, 3.05) is 13.2 Å². The first kappa shape index (κ1) is 14.4. The van der Waals surface area contributed by atoms with Gasteiger partial charge in [0.25, 0.3) is 0 Å². The van der Waals surface area contributed by atoms with Crippen molar-refractivity contribution in [3.63, 3.8) is 0 Å². The predicted octanol–water partition coefficient (Wildman–Crippen LogP) is 1.84. The number of aromatic nitrogens is 1. The zero-order valence-corrected chi connectivity index (χ0v) is 10.9. The quantitative estimate of drug-likeness (QED) is 0.783. The lowest BCUT2D eigenvalue weighted by molar-refractivity contribution is 0.0695. The number of carbonyl (C=O) groups is 1. The molecule has 18 heavy (non-hydrogen) atoms. The summed E-state index contributed by atoms with van der Waals surface area (Å²) < 4.78 is 5.34. The number of rotatable bonds is 5. The first-order chi connectivity index (χ1) is 8.34. The van der Waals surface area contributed by atoms with E-state index in [1.165, 1.54) is 6.07 Å². The van der Waals surface area contributed by atoms with Gasteiger partial charge >= 0.3 is 5.97 Å². The normalized spacial score (nSPS) is 11.3. The van der Waals surface area contributed by atoms with E-state index in [1.807, 2.05) is 20.8 Å². The maximum Gasteiger partial charge on any atom is 0.335 e. The third-order valence-corrected chi connectivity index (χ3v) is 2.37. The summed E-state index contributed by atoms with van der Waals surface area (Å²) in [5, 5.41) is 17.7. The maximum absolute atomic E-state index is 11.0. The zero-order chi connectivity index (χ0) is 13.8. The van der Waals surface area contributed by atoms with Crippen molar-refractivity contribution in [2.45, 2.75) is 32.6 Å². The summed E-state index contributed by atoms with van der Waals surface area (Å²) in [6.45, 7) is 6.22. The molecule has 0 aliphatic rings. The number of aliphatic hydroxyl groups excluding tert-OH is 1. The lowest BCUT2D eigenvalue weighted by Gasteiger charge is -2.19. The van der Waals surface area contributed by atoms with E-state index >= 15 is 0 Å². The minimum atomic E-state index is -1.00. The van der Waals surface area contributed by atoms with E-state index in [2.05, 4.69) is 4.98 Å².